The van der Waals surface area contributed by atoms with E-state index in [0.29, 0.717) is 7.93 Å². The normalized spacial score (nSPS) is 25.1. The summed E-state index contributed by atoms with van der Waals surface area (Å²) in [5.41, 5.74) is 0.880. The van der Waals surface area contributed by atoms with Gasteiger partial charge in [0.1, 0.15) is 0 Å². The van der Waals surface area contributed by atoms with Crippen molar-refractivity contribution in [1.82, 2.24) is 0 Å². The lowest BCUT2D eigenvalue weighted by Gasteiger charge is -2.17. The van der Waals surface area contributed by atoms with Crippen LogP contribution in [-0.4, -0.2) is 5.66 Å². The van der Waals surface area contributed by atoms with E-state index >= 15 is 0 Å². The molecule has 0 aromatic rings. The Hall–Kier alpha value is 0.720. The molecule has 1 atom stereocenters. The Morgan fingerprint density at radius 2 is 1.75 bits per heavy atom. The fourth-order valence-corrected chi connectivity index (χ4v) is 2.49. The number of halogens is 1. The molecular formula is C6H12ClP. The van der Waals surface area contributed by atoms with Crippen molar-refractivity contribution in [2.45, 2.75) is 37.8 Å². The summed E-state index contributed by atoms with van der Waals surface area (Å²) in [6.07, 6.45) is 7.07. The smallest absolute Gasteiger partial charge is 0.00979 e. The van der Waals surface area contributed by atoms with Gasteiger partial charge in [-0.2, -0.15) is 0 Å². The van der Waals surface area contributed by atoms with Gasteiger partial charge in [-0.3, -0.25) is 0 Å². The van der Waals surface area contributed by atoms with Crippen molar-refractivity contribution in [3.63, 3.8) is 0 Å². The second-order valence-corrected chi connectivity index (χ2v) is 4.13. The van der Waals surface area contributed by atoms with Crippen molar-refractivity contribution < 1.29 is 0 Å². The Labute approximate surface area is 57.6 Å². The maximum atomic E-state index is 5.71. The third kappa shape index (κ3) is 1.91. The molecule has 2 heteroatoms. The molecule has 0 heterocycles. The molecule has 1 saturated carbocycles. The zero-order valence-electron chi connectivity index (χ0n) is 4.99. The molecule has 48 valence electrons. The molecular weight excluding hydrogens is 138 g/mol. The molecule has 8 heavy (non-hydrogen) atoms. The highest BCUT2D eigenvalue weighted by Gasteiger charge is 2.10. The molecule has 0 aliphatic heterocycles. The van der Waals surface area contributed by atoms with Gasteiger partial charge in [-0.1, -0.05) is 30.5 Å². The molecule has 0 aromatic heterocycles. The molecule has 1 rings (SSSR count). The Kier molecular flexibility index (Phi) is 3.15. The Morgan fingerprint density at radius 3 is 2.12 bits per heavy atom. The van der Waals surface area contributed by atoms with Crippen molar-refractivity contribution in [1.29, 1.82) is 0 Å². The first kappa shape index (κ1) is 6.83. The maximum absolute atomic E-state index is 5.71. The van der Waals surface area contributed by atoms with E-state index in [9.17, 15) is 0 Å². The summed E-state index contributed by atoms with van der Waals surface area (Å²) in [7, 11) is 0.679. The van der Waals surface area contributed by atoms with E-state index < -0.39 is 0 Å². The van der Waals surface area contributed by atoms with E-state index in [4.69, 9.17) is 11.2 Å². The van der Waals surface area contributed by atoms with Gasteiger partial charge >= 0.3 is 0 Å². The predicted octanol–water partition coefficient (Wildman–Crippen LogP) is 3.15. The molecule has 0 bridgehead atoms. The van der Waals surface area contributed by atoms with Gasteiger partial charge in [-0.15, -0.1) is 0 Å². The fourth-order valence-electron chi connectivity index (χ4n) is 1.21. The summed E-state index contributed by atoms with van der Waals surface area (Å²) in [5, 5.41) is 0. The second-order valence-electron chi connectivity index (χ2n) is 2.44. The number of rotatable bonds is 1. The Bertz CT molecular complexity index is 59.5. The predicted molar refractivity (Wildman–Crippen MR) is 41.0 cm³/mol. The van der Waals surface area contributed by atoms with E-state index in [-0.39, 0.29) is 0 Å². The summed E-state index contributed by atoms with van der Waals surface area (Å²) < 4.78 is 0. The maximum Gasteiger partial charge on any atom is -0.00979 e. The minimum Gasteiger partial charge on any atom is -0.0998 e. The van der Waals surface area contributed by atoms with Crippen LogP contribution in [0, 0.1) is 0 Å². The summed E-state index contributed by atoms with van der Waals surface area (Å²) >= 11 is 5.71. The van der Waals surface area contributed by atoms with Crippen LogP contribution in [0.25, 0.3) is 0 Å². The van der Waals surface area contributed by atoms with Crippen molar-refractivity contribution in [3.05, 3.63) is 0 Å². The Morgan fingerprint density at radius 1 is 1.12 bits per heavy atom. The third-order valence-electron chi connectivity index (χ3n) is 1.76. The minimum atomic E-state index is 0.679. The lowest BCUT2D eigenvalue weighted by atomic mass is 10.0. The summed E-state index contributed by atoms with van der Waals surface area (Å²) in [4.78, 5) is 0. The van der Waals surface area contributed by atoms with Crippen LogP contribution in [0.5, 0.6) is 0 Å². The van der Waals surface area contributed by atoms with Crippen LogP contribution >= 0.6 is 19.2 Å². The summed E-state index contributed by atoms with van der Waals surface area (Å²) in [6, 6.07) is 0. The van der Waals surface area contributed by atoms with Crippen LogP contribution in [0.3, 0.4) is 0 Å². The van der Waals surface area contributed by atoms with Gasteiger partial charge in [0.15, 0.2) is 0 Å². The van der Waals surface area contributed by atoms with E-state index in [1.165, 1.54) is 32.1 Å². The van der Waals surface area contributed by atoms with Gasteiger partial charge in [-0.25, -0.2) is 0 Å². The van der Waals surface area contributed by atoms with Crippen molar-refractivity contribution in [2.24, 2.45) is 0 Å². The largest absolute Gasteiger partial charge is 0.0998 e. The molecule has 1 aliphatic rings. The van der Waals surface area contributed by atoms with Crippen LogP contribution in [0.15, 0.2) is 0 Å². The lowest BCUT2D eigenvalue weighted by molar-refractivity contribution is 0.515. The van der Waals surface area contributed by atoms with Crippen LogP contribution in [-0.2, 0) is 0 Å². The molecule has 0 spiro atoms. The van der Waals surface area contributed by atoms with Gasteiger partial charge in [-0.05, 0) is 26.4 Å². The molecule has 0 amide bonds. The van der Waals surface area contributed by atoms with Crippen LogP contribution in [0.4, 0.5) is 0 Å². The van der Waals surface area contributed by atoms with Crippen molar-refractivity contribution >= 4 is 19.2 Å². The lowest BCUT2D eigenvalue weighted by Crippen LogP contribution is -2.04. The van der Waals surface area contributed by atoms with Gasteiger partial charge in [0, 0.05) is 0 Å². The molecule has 0 N–H and O–H groups in total. The molecule has 1 aliphatic carbocycles. The van der Waals surface area contributed by atoms with E-state index in [1.807, 2.05) is 0 Å². The monoisotopic (exact) mass is 150 g/mol. The molecule has 0 aromatic carbocycles. The quantitative estimate of drug-likeness (QED) is 0.504. The average molecular weight is 151 g/mol. The fraction of sp³-hybridized carbons (Fsp3) is 1.00. The van der Waals surface area contributed by atoms with E-state index in [1.54, 1.807) is 0 Å². The third-order valence-corrected chi connectivity index (χ3v) is 3.57. The van der Waals surface area contributed by atoms with Crippen molar-refractivity contribution in [2.75, 3.05) is 0 Å². The molecule has 1 fully saturated rings. The second kappa shape index (κ2) is 3.69. The molecule has 0 nitrogen and oxygen atoms in total. The highest BCUT2D eigenvalue weighted by Crippen LogP contribution is 2.35. The van der Waals surface area contributed by atoms with Crippen molar-refractivity contribution in [3.8, 4) is 0 Å². The molecule has 0 saturated heterocycles. The Balaban J connectivity index is 2.13. The molecule has 0 radical (unpaired) electrons. The van der Waals surface area contributed by atoms with E-state index in [2.05, 4.69) is 0 Å². The first-order chi connectivity index (χ1) is 3.93. The average Bonchev–Trinajstić information content (AvgIpc) is 1.90. The highest BCUT2D eigenvalue weighted by molar-refractivity contribution is 7.69. The SMILES string of the molecule is ClPC1CCCCC1. The number of hydrogen-bond acceptors (Lipinski definition) is 0. The van der Waals surface area contributed by atoms with Gasteiger partial charge in [0.05, 0.1) is 0 Å². The van der Waals surface area contributed by atoms with Crippen LogP contribution in [0.1, 0.15) is 32.1 Å². The van der Waals surface area contributed by atoms with Gasteiger partial charge < -0.3 is 0 Å². The first-order valence-corrected chi connectivity index (χ1v) is 5.38. The van der Waals surface area contributed by atoms with Crippen LogP contribution in [0.2, 0.25) is 0 Å². The first-order valence-electron chi connectivity index (χ1n) is 3.29. The van der Waals surface area contributed by atoms with Gasteiger partial charge in [0.25, 0.3) is 0 Å². The molecule has 1 unspecified atom stereocenters. The summed E-state index contributed by atoms with van der Waals surface area (Å²) in [6.45, 7) is 0. The van der Waals surface area contributed by atoms with E-state index in [0.717, 1.165) is 5.66 Å². The zero-order chi connectivity index (χ0) is 5.82. The topological polar surface area (TPSA) is 0 Å². The van der Waals surface area contributed by atoms with Crippen LogP contribution < -0.4 is 0 Å². The standard InChI is InChI=1S/C6H12ClP/c7-8-6-4-2-1-3-5-6/h6,8H,1-5H2. The number of hydrogen-bond donors (Lipinski definition) is 0. The zero-order valence-corrected chi connectivity index (χ0v) is 6.75. The van der Waals surface area contributed by atoms with Gasteiger partial charge in [0.2, 0.25) is 0 Å². The highest BCUT2D eigenvalue weighted by atomic mass is 35.7. The minimum absolute atomic E-state index is 0.679. The summed E-state index contributed by atoms with van der Waals surface area (Å²) in [5.74, 6) is 0.